The quantitative estimate of drug-likeness (QED) is 0.358. The monoisotopic (exact) mass is 476 g/mol. The van der Waals surface area contributed by atoms with Crippen LogP contribution in [0.3, 0.4) is 0 Å². The molecule has 4 rings (SSSR count). The van der Waals surface area contributed by atoms with Crippen LogP contribution in [0.1, 0.15) is 61.3 Å². The number of rotatable bonds is 3. The van der Waals surface area contributed by atoms with Gasteiger partial charge in [0.15, 0.2) is 5.65 Å². The zero-order valence-corrected chi connectivity index (χ0v) is 21.8. The van der Waals surface area contributed by atoms with E-state index >= 15 is 4.39 Å². The van der Waals surface area contributed by atoms with Crippen LogP contribution in [-0.2, 0) is 6.42 Å². The number of benzene rings is 1. The first-order chi connectivity index (χ1) is 16.2. The first-order valence-electron chi connectivity index (χ1n) is 12.2. The zero-order valence-electron chi connectivity index (χ0n) is 20.8. The van der Waals surface area contributed by atoms with Crippen molar-refractivity contribution in [1.29, 1.82) is 0 Å². The van der Waals surface area contributed by atoms with Gasteiger partial charge in [-0.2, -0.15) is 5.10 Å². The van der Waals surface area contributed by atoms with Crippen LogP contribution in [0.2, 0.25) is 19.6 Å². The van der Waals surface area contributed by atoms with Gasteiger partial charge < -0.3 is 4.90 Å². The van der Waals surface area contributed by atoms with Crippen LogP contribution in [-0.4, -0.2) is 46.1 Å². The molecule has 0 saturated carbocycles. The van der Waals surface area contributed by atoms with E-state index < -0.39 is 8.07 Å². The van der Waals surface area contributed by atoms with Crippen LogP contribution >= 0.6 is 0 Å². The SMILES string of the molecule is CCc1cc(C(=O)N2CCCCC[C@H]2C)nc2cc(-c3ccc(C#C[Si](C)(C)C)cc3F)nn12. The predicted octanol–water partition coefficient (Wildman–Crippen LogP) is 5.73. The highest BCUT2D eigenvalue weighted by Crippen LogP contribution is 2.25. The van der Waals surface area contributed by atoms with Gasteiger partial charge in [0, 0.05) is 35.5 Å². The van der Waals surface area contributed by atoms with Crippen molar-refractivity contribution in [1.82, 2.24) is 19.5 Å². The lowest BCUT2D eigenvalue weighted by molar-refractivity contribution is 0.0692. The molecule has 1 aromatic carbocycles. The Balaban J connectivity index is 1.70. The van der Waals surface area contributed by atoms with Crippen LogP contribution in [0, 0.1) is 17.3 Å². The second-order valence-corrected chi connectivity index (χ2v) is 14.9. The lowest BCUT2D eigenvalue weighted by atomic mass is 10.1. The summed E-state index contributed by atoms with van der Waals surface area (Å²) in [5, 5.41) is 4.63. The molecular weight excluding hydrogens is 443 g/mol. The van der Waals surface area contributed by atoms with Crippen molar-refractivity contribution in [2.75, 3.05) is 6.54 Å². The van der Waals surface area contributed by atoms with E-state index in [0.717, 1.165) is 37.9 Å². The van der Waals surface area contributed by atoms with E-state index in [1.165, 1.54) is 6.07 Å². The molecular formula is C27H33FN4OSi. The molecule has 5 nitrogen and oxygen atoms in total. The highest BCUT2D eigenvalue weighted by Gasteiger charge is 2.25. The topological polar surface area (TPSA) is 50.5 Å². The van der Waals surface area contributed by atoms with Gasteiger partial charge in [-0.3, -0.25) is 4.79 Å². The van der Waals surface area contributed by atoms with Gasteiger partial charge in [-0.15, -0.1) is 5.54 Å². The predicted molar refractivity (Wildman–Crippen MR) is 137 cm³/mol. The number of nitrogens with zero attached hydrogens (tertiary/aromatic N) is 4. The maximum absolute atomic E-state index is 15.0. The minimum atomic E-state index is -1.54. The molecule has 2 aromatic heterocycles. The lowest BCUT2D eigenvalue weighted by Gasteiger charge is -2.27. The molecule has 1 aliphatic heterocycles. The molecule has 1 saturated heterocycles. The normalized spacial score (nSPS) is 16.8. The lowest BCUT2D eigenvalue weighted by Crippen LogP contribution is -2.38. The molecule has 1 amide bonds. The van der Waals surface area contributed by atoms with Gasteiger partial charge >= 0.3 is 0 Å². The summed E-state index contributed by atoms with van der Waals surface area (Å²) in [7, 11) is -1.54. The van der Waals surface area contributed by atoms with E-state index in [0.29, 0.717) is 34.6 Å². The molecule has 1 aliphatic rings. The first kappa shape index (κ1) is 24.2. The fourth-order valence-electron chi connectivity index (χ4n) is 4.31. The Kier molecular flexibility index (Phi) is 6.90. The summed E-state index contributed by atoms with van der Waals surface area (Å²) in [4.78, 5) is 19.9. The largest absolute Gasteiger partial charge is 0.335 e. The summed E-state index contributed by atoms with van der Waals surface area (Å²) in [5.41, 5.74) is 6.70. The minimum absolute atomic E-state index is 0.0362. The number of carbonyl (C=O) groups excluding carboxylic acids is 1. The van der Waals surface area contributed by atoms with Crippen LogP contribution < -0.4 is 0 Å². The Labute approximate surface area is 202 Å². The summed E-state index contributed by atoms with van der Waals surface area (Å²) in [6.07, 6.45) is 5.03. The molecule has 0 aliphatic carbocycles. The summed E-state index contributed by atoms with van der Waals surface area (Å²) in [5.74, 6) is 2.70. The maximum atomic E-state index is 15.0. The molecule has 1 atom stereocenters. The number of amides is 1. The van der Waals surface area contributed by atoms with E-state index in [1.807, 2.05) is 24.0 Å². The maximum Gasteiger partial charge on any atom is 0.272 e. The Morgan fingerprint density at radius 1 is 1.18 bits per heavy atom. The highest BCUT2D eigenvalue weighted by atomic mass is 28.3. The van der Waals surface area contributed by atoms with Gasteiger partial charge in [0.25, 0.3) is 5.91 Å². The molecule has 7 heteroatoms. The van der Waals surface area contributed by atoms with Crippen molar-refractivity contribution in [2.24, 2.45) is 0 Å². The molecule has 34 heavy (non-hydrogen) atoms. The van der Waals surface area contributed by atoms with Gasteiger partial charge in [-0.05, 0) is 50.5 Å². The van der Waals surface area contributed by atoms with Gasteiger partial charge in [-0.25, -0.2) is 13.9 Å². The van der Waals surface area contributed by atoms with E-state index in [9.17, 15) is 4.79 Å². The molecule has 3 heterocycles. The van der Waals surface area contributed by atoms with E-state index in [4.69, 9.17) is 0 Å². The zero-order chi connectivity index (χ0) is 24.5. The Morgan fingerprint density at radius 3 is 2.68 bits per heavy atom. The van der Waals surface area contributed by atoms with Crippen molar-refractivity contribution in [3.8, 4) is 22.7 Å². The molecule has 0 N–H and O–H groups in total. The summed E-state index contributed by atoms with van der Waals surface area (Å²) >= 11 is 0. The third-order valence-corrected chi connectivity index (χ3v) is 7.10. The van der Waals surface area contributed by atoms with Crippen molar-refractivity contribution in [3.05, 3.63) is 53.1 Å². The molecule has 1 fully saturated rings. The van der Waals surface area contributed by atoms with Gasteiger partial charge in [0.2, 0.25) is 0 Å². The van der Waals surface area contributed by atoms with Gasteiger partial charge in [0.1, 0.15) is 19.6 Å². The number of hydrogen-bond acceptors (Lipinski definition) is 3. The summed E-state index contributed by atoms with van der Waals surface area (Å²) in [6, 6.07) is 8.82. The fraction of sp³-hybridized carbons (Fsp3) is 0.444. The number of likely N-dealkylation sites (tertiary alicyclic amines) is 1. The smallest absolute Gasteiger partial charge is 0.272 e. The highest BCUT2D eigenvalue weighted by molar-refractivity contribution is 6.83. The summed E-state index contributed by atoms with van der Waals surface area (Å²) < 4.78 is 16.7. The van der Waals surface area contributed by atoms with E-state index in [2.05, 4.69) is 48.1 Å². The third kappa shape index (κ3) is 5.23. The molecule has 0 bridgehead atoms. The number of aryl methyl sites for hydroxylation is 1. The average molecular weight is 477 g/mol. The van der Waals surface area contributed by atoms with Gasteiger partial charge in [0.05, 0.1) is 5.69 Å². The number of carbonyl (C=O) groups is 1. The van der Waals surface area contributed by atoms with Gasteiger partial charge in [-0.1, -0.05) is 45.3 Å². The van der Waals surface area contributed by atoms with Crippen molar-refractivity contribution in [2.45, 2.75) is 71.6 Å². The Bertz CT molecular complexity index is 1280. The minimum Gasteiger partial charge on any atom is -0.335 e. The molecule has 0 unspecified atom stereocenters. The number of hydrogen-bond donors (Lipinski definition) is 0. The van der Waals surface area contributed by atoms with Crippen LogP contribution in [0.5, 0.6) is 0 Å². The number of fused-ring (bicyclic) bond motifs is 1. The second-order valence-electron chi connectivity index (χ2n) is 10.2. The standard InChI is InChI=1S/C27H33FN4OSi/c1-6-21-17-25(27(33)31-14-9-7-8-10-19(31)2)29-26-18-24(30-32(21)26)22-12-11-20(16-23(22)28)13-15-34(3,4)5/h11-12,16-19H,6-10,14H2,1-5H3/t19-/m1/s1. The second kappa shape index (κ2) is 9.71. The van der Waals surface area contributed by atoms with Crippen molar-refractivity contribution < 1.29 is 9.18 Å². The van der Waals surface area contributed by atoms with Crippen molar-refractivity contribution >= 4 is 19.6 Å². The molecule has 178 valence electrons. The number of aromatic nitrogens is 3. The van der Waals surface area contributed by atoms with Crippen molar-refractivity contribution in [3.63, 3.8) is 0 Å². The average Bonchev–Trinajstić information content (AvgIpc) is 3.10. The first-order valence-corrected chi connectivity index (χ1v) is 15.7. The molecule has 0 spiro atoms. The molecule has 0 radical (unpaired) electrons. The number of halogens is 1. The molecule has 3 aromatic rings. The van der Waals surface area contributed by atoms with Crippen LogP contribution in [0.15, 0.2) is 30.3 Å². The fourth-order valence-corrected chi connectivity index (χ4v) is 4.83. The van der Waals surface area contributed by atoms with Crippen LogP contribution in [0.25, 0.3) is 16.9 Å². The summed E-state index contributed by atoms with van der Waals surface area (Å²) in [6.45, 7) is 11.4. The third-order valence-electron chi connectivity index (χ3n) is 6.22. The van der Waals surface area contributed by atoms with E-state index in [-0.39, 0.29) is 17.8 Å². The van der Waals surface area contributed by atoms with E-state index in [1.54, 1.807) is 16.6 Å². The Hall–Kier alpha value is -2.98. The Morgan fingerprint density at radius 2 is 1.97 bits per heavy atom. The van der Waals surface area contributed by atoms with Crippen LogP contribution in [0.4, 0.5) is 4.39 Å².